The number of hydrazone groups is 1. The van der Waals surface area contributed by atoms with Gasteiger partial charge in [-0.05, 0) is 59.7 Å². The van der Waals surface area contributed by atoms with Crippen molar-refractivity contribution in [2.24, 2.45) is 5.10 Å². The highest BCUT2D eigenvalue weighted by Gasteiger charge is 2.31. The molecule has 0 atom stereocenters. The summed E-state index contributed by atoms with van der Waals surface area (Å²) in [5.41, 5.74) is 3.69. The molecule has 0 saturated carbocycles. The summed E-state index contributed by atoms with van der Waals surface area (Å²) in [7, 11) is 0. The van der Waals surface area contributed by atoms with Gasteiger partial charge in [0.05, 0.1) is 28.6 Å². The van der Waals surface area contributed by atoms with Crippen LogP contribution >= 0.6 is 0 Å². The summed E-state index contributed by atoms with van der Waals surface area (Å²) in [6.07, 6.45) is -9.24. The summed E-state index contributed by atoms with van der Waals surface area (Å²) >= 11 is 0. The van der Waals surface area contributed by atoms with E-state index in [1.54, 1.807) is 24.3 Å². The summed E-state index contributed by atoms with van der Waals surface area (Å²) in [5, 5.41) is 13.1. The lowest BCUT2D eigenvalue weighted by molar-refractivity contribution is -0.274. The second-order valence-corrected chi connectivity index (χ2v) is 6.81. The molecule has 0 saturated heterocycles. The number of hydrogen-bond donors (Lipinski definition) is 1. The van der Waals surface area contributed by atoms with Crippen LogP contribution in [0, 0.1) is 11.3 Å². The van der Waals surface area contributed by atoms with Gasteiger partial charge in [-0.1, -0.05) is 24.3 Å². The van der Waals surface area contributed by atoms with Crippen LogP contribution in [0.25, 0.3) is 0 Å². The minimum absolute atomic E-state index is 0.134. The van der Waals surface area contributed by atoms with E-state index in [1.807, 2.05) is 6.07 Å². The van der Waals surface area contributed by atoms with E-state index in [0.717, 1.165) is 24.3 Å². The molecule has 0 fully saturated rings. The molecule has 170 valence electrons. The van der Waals surface area contributed by atoms with Crippen LogP contribution in [0.5, 0.6) is 5.75 Å². The van der Waals surface area contributed by atoms with Gasteiger partial charge in [0.15, 0.2) is 0 Å². The maximum atomic E-state index is 13.2. The average molecular weight is 463 g/mol. The van der Waals surface area contributed by atoms with Gasteiger partial charge in [0.2, 0.25) is 0 Å². The Bertz CT molecular complexity index is 1160. The van der Waals surface area contributed by atoms with E-state index in [1.165, 1.54) is 24.3 Å². The first kappa shape index (κ1) is 23.7. The molecule has 0 radical (unpaired) electrons. The molecule has 0 aromatic heterocycles. The van der Waals surface area contributed by atoms with Crippen LogP contribution in [0.3, 0.4) is 0 Å². The maximum absolute atomic E-state index is 13.2. The standard InChI is InChI=1S/C23H15F6N3O/c24-22(25,26)18-3-1-2-17(13-18)21(12-15-4-6-16(14-30)7-5-15)32-31-19-8-10-20(11-9-19)33-23(27,28)29/h1-11,13,31H,12H2/b32-21+. The van der Waals surface area contributed by atoms with Crippen molar-refractivity contribution >= 4 is 11.4 Å². The third kappa shape index (κ3) is 7.00. The number of alkyl halides is 6. The smallest absolute Gasteiger partial charge is 0.406 e. The zero-order chi connectivity index (χ0) is 24.1. The topological polar surface area (TPSA) is 57.4 Å². The minimum atomic E-state index is -4.83. The predicted octanol–water partition coefficient (Wildman–Crippen LogP) is 6.53. The normalized spacial score (nSPS) is 12.2. The molecule has 10 heteroatoms. The molecule has 0 spiro atoms. The van der Waals surface area contributed by atoms with Crippen molar-refractivity contribution < 1.29 is 31.1 Å². The van der Waals surface area contributed by atoms with Crippen LogP contribution in [0.15, 0.2) is 77.9 Å². The summed E-state index contributed by atoms with van der Waals surface area (Å²) < 4.78 is 80.2. The van der Waals surface area contributed by atoms with Crippen molar-refractivity contribution in [2.45, 2.75) is 19.0 Å². The van der Waals surface area contributed by atoms with Gasteiger partial charge in [0, 0.05) is 6.42 Å². The lowest BCUT2D eigenvalue weighted by Crippen LogP contribution is -2.17. The second kappa shape index (κ2) is 9.65. The Morgan fingerprint density at radius 2 is 1.58 bits per heavy atom. The number of nitrogens with one attached hydrogen (secondary N) is 1. The van der Waals surface area contributed by atoms with Gasteiger partial charge < -0.3 is 4.74 Å². The second-order valence-electron chi connectivity index (χ2n) is 6.81. The largest absolute Gasteiger partial charge is 0.573 e. The fraction of sp³-hybridized carbons (Fsp3) is 0.130. The van der Waals surface area contributed by atoms with E-state index in [2.05, 4.69) is 15.3 Å². The monoisotopic (exact) mass is 463 g/mol. The van der Waals surface area contributed by atoms with Crippen LogP contribution in [-0.2, 0) is 12.6 Å². The highest BCUT2D eigenvalue weighted by Crippen LogP contribution is 2.30. The number of halogens is 6. The summed E-state index contributed by atoms with van der Waals surface area (Å²) in [6, 6.07) is 17.8. The van der Waals surface area contributed by atoms with Gasteiger partial charge in [0.25, 0.3) is 0 Å². The van der Waals surface area contributed by atoms with E-state index >= 15 is 0 Å². The minimum Gasteiger partial charge on any atom is -0.406 e. The molecule has 3 aromatic rings. The molecule has 3 aromatic carbocycles. The van der Waals surface area contributed by atoms with Crippen molar-refractivity contribution in [3.8, 4) is 11.8 Å². The van der Waals surface area contributed by atoms with Gasteiger partial charge >= 0.3 is 12.5 Å². The fourth-order valence-electron chi connectivity index (χ4n) is 2.83. The Hall–Kier alpha value is -4.00. The molecule has 0 aliphatic heterocycles. The molecule has 0 unspecified atom stereocenters. The van der Waals surface area contributed by atoms with Gasteiger partial charge in [-0.15, -0.1) is 13.2 Å². The maximum Gasteiger partial charge on any atom is 0.573 e. The highest BCUT2D eigenvalue weighted by atomic mass is 19.4. The van der Waals surface area contributed by atoms with Crippen molar-refractivity contribution in [3.05, 3.63) is 95.1 Å². The van der Waals surface area contributed by atoms with E-state index in [4.69, 9.17) is 5.26 Å². The lowest BCUT2D eigenvalue weighted by Gasteiger charge is -2.12. The first-order valence-electron chi connectivity index (χ1n) is 9.38. The average Bonchev–Trinajstić information content (AvgIpc) is 2.76. The number of anilines is 1. The Morgan fingerprint density at radius 3 is 2.15 bits per heavy atom. The Morgan fingerprint density at radius 1 is 0.909 bits per heavy atom. The zero-order valence-electron chi connectivity index (χ0n) is 16.7. The van der Waals surface area contributed by atoms with Crippen molar-refractivity contribution in [3.63, 3.8) is 0 Å². The van der Waals surface area contributed by atoms with Crippen molar-refractivity contribution in [2.75, 3.05) is 5.43 Å². The number of hydrogen-bond acceptors (Lipinski definition) is 4. The number of benzene rings is 3. The molecule has 0 heterocycles. The molecule has 0 aliphatic carbocycles. The molecule has 0 aliphatic rings. The van der Waals surface area contributed by atoms with Gasteiger partial charge in [0.1, 0.15) is 5.75 Å². The summed E-state index contributed by atoms with van der Waals surface area (Å²) in [4.78, 5) is 0. The summed E-state index contributed by atoms with van der Waals surface area (Å²) in [6.45, 7) is 0. The number of ether oxygens (including phenoxy) is 1. The van der Waals surface area contributed by atoms with Crippen molar-refractivity contribution in [1.29, 1.82) is 5.26 Å². The third-order valence-corrected chi connectivity index (χ3v) is 4.39. The quantitative estimate of drug-likeness (QED) is 0.257. The Labute approximate surface area is 184 Å². The SMILES string of the molecule is N#Cc1ccc(C/C(=N\Nc2ccc(OC(F)(F)F)cc2)c2cccc(C(F)(F)F)c2)cc1. The summed E-state index contributed by atoms with van der Waals surface area (Å²) in [5.74, 6) is -0.423. The fourth-order valence-corrected chi connectivity index (χ4v) is 2.83. The van der Waals surface area contributed by atoms with E-state index in [0.29, 0.717) is 16.8 Å². The molecular weight excluding hydrogens is 448 g/mol. The molecular formula is C23H15F6N3O. The predicted molar refractivity (Wildman–Crippen MR) is 110 cm³/mol. The molecule has 0 bridgehead atoms. The van der Waals surface area contributed by atoms with Crippen LogP contribution in [-0.4, -0.2) is 12.1 Å². The molecule has 4 nitrogen and oxygen atoms in total. The Kier molecular flexibility index (Phi) is 6.92. The van der Waals surface area contributed by atoms with E-state index in [9.17, 15) is 26.3 Å². The molecule has 1 N–H and O–H groups in total. The molecule has 3 rings (SSSR count). The van der Waals surface area contributed by atoms with E-state index in [-0.39, 0.29) is 17.7 Å². The van der Waals surface area contributed by atoms with Crippen LogP contribution < -0.4 is 10.2 Å². The van der Waals surface area contributed by atoms with Gasteiger partial charge in [-0.3, -0.25) is 5.43 Å². The van der Waals surface area contributed by atoms with Crippen LogP contribution in [0.2, 0.25) is 0 Å². The van der Waals surface area contributed by atoms with Gasteiger partial charge in [-0.25, -0.2) is 0 Å². The zero-order valence-corrected chi connectivity index (χ0v) is 16.7. The molecule has 33 heavy (non-hydrogen) atoms. The van der Waals surface area contributed by atoms with Gasteiger partial charge in [-0.2, -0.15) is 23.5 Å². The third-order valence-electron chi connectivity index (χ3n) is 4.39. The van der Waals surface area contributed by atoms with Crippen molar-refractivity contribution in [1.82, 2.24) is 0 Å². The number of rotatable bonds is 6. The van der Waals surface area contributed by atoms with Crippen LogP contribution in [0.1, 0.15) is 22.3 Å². The number of nitriles is 1. The first-order chi connectivity index (χ1) is 15.5. The number of nitrogens with zero attached hydrogens (tertiary/aromatic N) is 2. The Balaban J connectivity index is 1.89. The van der Waals surface area contributed by atoms with E-state index < -0.39 is 23.9 Å². The lowest BCUT2D eigenvalue weighted by atomic mass is 9.99. The van der Waals surface area contributed by atoms with Crippen LogP contribution in [0.4, 0.5) is 32.0 Å². The highest BCUT2D eigenvalue weighted by molar-refractivity contribution is 6.02. The first-order valence-corrected chi connectivity index (χ1v) is 9.38. The molecule has 0 amide bonds.